The molecule has 1 aliphatic rings. The SMILES string of the molecule is CCOC(=O)OCC1OC(c2ccccc2)C(O)C(OCC)C1O. The monoisotopic (exact) mass is 340 g/mol. The van der Waals surface area contributed by atoms with Crippen molar-refractivity contribution in [1.29, 1.82) is 0 Å². The molecule has 0 saturated carbocycles. The summed E-state index contributed by atoms with van der Waals surface area (Å²) in [6.45, 7) is 3.77. The molecule has 24 heavy (non-hydrogen) atoms. The van der Waals surface area contributed by atoms with Crippen LogP contribution in [0.1, 0.15) is 25.5 Å². The number of aliphatic hydroxyl groups is 2. The third kappa shape index (κ3) is 4.45. The lowest BCUT2D eigenvalue weighted by atomic mass is 9.91. The Bertz CT molecular complexity index is 507. The number of ether oxygens (including phenoxy) is 4. The molecule has 7 heteroatoms. The summed E-state index contributed by atoms with van der Waals surface area (Å²) in [5, 5.41) is 20.9. The number of rotatable bonds is 6. The first-order valence-corrected chi connectivity index (χ1v) is 8.06. The lowest BCUT2D eigenvalue weighted by molar-refractivity contribution is -0.243. The molecule has 1 fully saturated rings. The Labute approximate surface area is 141 Å². The zero-order valence-electron chi connectivity index (χ0n) is 13.8. The van der Waals surface area contributed by atoms with Gasteiger partial charge in [0.05, 0.1) is 6.61 Å². The molecule has 0 aliphatic carbocycles. The van der Waals surface area contributed by atoms with Crippen molar-refractivity contribution in [2.45, 2.75) is 44.4 Å². The minimum Gasteiger partial charge on any atom is -0.435 e. The highest BCUT2D eigenvalue weighted by Crippen LogP contribution is 2.33. The molecule has 5 atom stereocenters. The molecule has 5 unspecified atom stereocenters. The summed E-state index contributed by atoms with van der Waals surface area (Å²) in [6.07, 6.45) is -5.37. The van der Waals surface area contributed by atoms with Gasteiger partial charge in [0, 0.05) is 6.61 Å². The van der Waals surface area contributed by atoms with Crippen molar-refractivity contribution in [1.82, 2.24) is 0 Å². The van der Waals surface area contributed by atoms with Crippen molar-refractivity contribution in [3.05, 3.63) is 35.9 Å². The van der Waals surface area contributed by atoms with Gasteiger partial charge in [-0.1, -0.05) is 30.3 Å². The van der Waals surface area contributed by atoms with Crippen molar-refractivity contribution in [3.8, 4) is 0 Å². The molecule has 0 spiro atoms. The summed E-state index contributed by atoms with van der Waals surface area (Å²) >= 11 is 0. The number of aliphatic hydroxyl groups excluding tert-OH is 2. The second kappa shape index (κ2) is 8.98. The molecule has 0 radical (unpaired) electrons. The first kappa shape index (κ1) is 18.7. The van der Waals surface area contributed by atoms with E-state index in [0.29, 0.717) is 6.61 Å². The molecule has 1 saturated heterocycles. The van der Waals surface area contributed by atoms with Crippen LogP contribution in [0.4, 0.5) is 4.79 Å². The first-order chi connectivity index (χ1) is 11.6. The summed E-state index contributed by atoms with van der Waals surface area (Å²) in [6, 6.07) is 9.15. The smallest absolute Gasteiger partial charge is 0.435 e. The molecule has 1 heterocycles. The predicted octanol–water partition coefficient (Wildman–Crippen LogP) is 1.43. The Hall–Kier alpha value is -1.67. The molecule has 1 aliphatic heterocycles. The molecule has 7 nitrogen and oxygen atoms in total. The molecular weight excluding hydrogens is 316 g/mol. The minimum absolute atomic E-state index is 0.194. The predicted molar refractivity (Wildman–Crippen MR) is 84.5 cm³/mol. The topological polar surface area (TPSA) is 94.5 Å². The van der Waals surface area contributed by atoms with Crippen molar-refractivity contribution in [2.75, 3.05) is 19.8 Å². The van der Waals surface area contributed by atoms with Gasteiger partial charge in [0.15, 0.2) is 0 Å². The van der Waals surface area contributed by atoms with Crippen LogP contribution in [0.2, 0.25) is 0 Å². The maximum atomic E-state index is 11.4. The standard InChI is InChI=1S/C17H24O7/c1-3-21-16-13(18)12(10-23-17(20)22-4-2)24-15(14(16)19)11-8-6-5-7-9-11/h5-9,12-16,18-19H,3-4,10H2,1-2H3. The zero-order chi connectivity index (χ0) is 17.5. The van der Waals surface area contributed by atoms with Crippen LogP contribution < -0.4 is 0 Å². The Balaban J connectivity index is 2.13. The summed E-state index contributed by atoms with van der Waals surface area (Å²) in [5.74, 6) is 0. The number of carbonyl (C=O) groups is 1. The van der Waals surface area contributed by atoms with E-state index in [-0.39, 0.29) is 13.2 Å². The maximum absolute atomic E-state index is 11.4. The summed E-state index contributed by atoms with van der Waals surface area (Å²) < 4.78 is 20.9. The minimum atomic E-state index is -1.13. The number of hydrogen-bond donors (Lipinski definition) is 2. The van der Waals surface area contributed by atoms with E-state index in [0.717, 1.165) is 5.56 Å². The number of hydrogen-bond acceptors (Lipinski definition) is 7. The molecular formula is C17H24O7. The fraction of sp³-hybridized carbons (Fsp3) is 0.588. The van der Waals surface area contributed by atoms with Gasteiger partial charge in [-0.05, 0) is 19.4 Å². The Kier molecular flexibility index (Phi) is 6.99. The van der Waals surface area contributed by atoms with E-state index in [1.807, 2.05) is 30.3 Å². The van der Waals surface area contributed by atoms with Gasteiger partial charge in [-0.3, -0.25) is 0 Å². The van der Waals surface area contributed by atoms with Crippen LogP contribution in [0.3, 0.4) is 0 Å². The van der Waals surface area contributed by atoms with Gasteiger partial charge in [0.2, 0.25) is 0 Å². The Morgan fingerprint density at radius 3 is 2.42 bits per heavy atom. The van der Waals surface area contributed by atoms with Crippen LogP contribution in [0, 0.1) is 0 Å². The van der Waals surface area contributed by atoms with Crippen LogP contribution >= 0.6 is 0 Å². The molecule has 0 amide bonds. The van der Waals surface area contributed by atoms with Crippen molar-refractivity contribution < 1.29 is 34.0 Å². The number of benzene rings is 1. The maximum Gasteiger partial charge on any atom is 0.508 e. The van der Waals surface area contributed by atoms with E-state index in [1.165, 1.54) is 0 Å². The molecule has 1 aromatic rings. The van der Waals surface area contributed by atoms with E-state index < -0.39 is 36.7 Å². The van der Waals surface area contributed by atoms with Crippen LogP contribution in [0.25, 0.3) is 0 Å². The largest absolute Gasteiger partial charge is 0.508 e. The second-order valence-corrected chi connectivity index (χ2v) is 5.40. The van der Waals surface area contributed by atoms with Gasteiger partial charge < -0.3 is 29.2 Å². The Morgan fingerprint density at radius 1 is 1.08 bits per heavy atom. The molecule has 0 bridgehead atoms. The lowest BCUT2D eigenvalue weighted by Gasteiger charge is -2.42. The van der Waals surface area contributed by atoms with Gasteiger partial charge in [-0.15, -0.1) is 0 Å². The van der Waals surface area contributed by atoms with Gasteiger partial charge in [-0.2, -0.15) is 0 Å². The highest BCUT2D eigenvalue weighted by atomic mass is 16.7. The molecule has 134 valence electrons. The average Bonchev–Trinajstić information content (AvgIpc) is 2.59. The van der Waals surface area contributed by atoms with Gasteiger partial charge in [0.1, 0.15) is 37.1 Å². The van der Waals surface area contributed by atoms with Crippen molar-refractivity contribution in [2.24, 2.45) is 0 Å². The van der Waals surface area contributed by atoms with E-state index in [4.69, 9.17) is 18.9 Å². The quantitative estimate of drug-likeness (QED) is 0.756. The summed E-state index contributed by atoms with van der Waals surface area (Å²) in [4.78, 5) is 11.4. The first-order valence-electron chi connectivity index (χ1n) is 8.06. The van der Waals surface area contributed by atoms with Crippen LogP contribution in [-0.2, 0) is 18.9 Å². The van der Waals surface area contributed by atoms with Crippen molar-refractivity contribution in [3.63, 3.8) is 0 Å². The van der Waals surface area contributed by atoms with Gasteiger partial charge >= 0.3 is 6.16 Å². The van der Waals surface area contributed by atoms with Crippen LogP contribution in [0.15, 0.2) is 30.3 Å². The Morgan fingerprint density at radius 2 is 1.79 bits per heavy atom. The molecule has 0 aromatic heterocycles. The third-order valence-electron chi connectivity index (χ3n) is 3.80. The zero-order valence-corrected chi connectivity index (χ0v) is 13.8. The van der Waals surface area contributed by atoms with E-state index in [2.05, 4.69) is 0 Å². The fourth-order valence-electron chi connectivity index (χ4n) is 2.69. The van der Waals surface area contributed by atoms with Gasteiger partial charge in [-0.25, -0.2) is 4.79 Å². The third-order valence-corrected chi connectivity index (χ3v) is 3.80. The fourth-order valence-corrected chi connectivity index (χ4v) is 2.69. The van der Waals surface area contributed by atoms with E-state index >= 15 is 0 Å². The highest BCUT2D eigenvalue weighted by molar-refractivity contribution is 5.59. The highest BCUT2D eigenvalue weighted by Gasteiger charge is 2.46. The normalized spacial score (nSPS) is 29.9. The summed E-state index contributed by atoms with van der Waals surface area (Å²) in [5.41, 5.74) is 0.753. The molecule has 2 rings (SSSR count). The lowest BCUT2D eigenvalue weighted by Crippen LogP contribution is -2.56. The average molecular weight is 340 g/mol. The number of carbonyl (C=O) groups excluding carboxylic acids is 1. The summed E-state index contributed by atoms with van der Waals surface area (Å²) in [7, 11) is 0. The van der Waals surface area contributed by atoms with Crippen molar-refractivity contribution >= 4 is 6.16 Å². The molecule has 1 aromatic carbocycles. The van der Waals surface area contributed by atoms with E-state index in [1.54, 1.807) is 13.8 Å². The van der Waals surface area contributed by atoms with Crippen LogP contribution in [0.5, 0.6) is 0 Å². The van der Waals surface area contributed by atoms with E-state index in [9.17, 15) is 15.0 Å². The van der Waals surface area contributed by atoms with Crippen LogP contribution in [-0.4, -0.2) is 60.6 Å². The molecule has 2 N–H and O–H groups in total. The second-order valence-electron chi connectivity index (χ2n) is 5.40. The van der Waals surface area contributed by atoms with Gasteiger partial charge in [0.25, 0.3) is 0 Å².